The Morgan fingerprint density at radius 1 is 1.44 bits per heavy atom. The molecule has 2 rings (SSSR count). The Bertz CT molecular complexity index is 589. The number of aromatic nitrogens is 1. The first kappa shape index (κ1) is 13.0. The highest BCUT2D eigenvalue weighted by Crippen LogP contribution is 2.29. The Morgan fingerprint density at radius 2 is 2.17 bits per heavy atom. The Kier molecular flexibility index (Phi) is 3.66. The van der Waals surface area contributed by atoms with Crippen LogP contribution in [0.2, 0.25) is 0 Å². The summed E-state index contributed by atoms with van der Waals surface area (Å²) in [5.74, 6) is 0.0748. The van der Waals surface area contributed by atoms with Gasteiger partial charge in [-0.1, -0.05) is 31.3 Å². The highest BCUT2D eigenvalue weighted by atomic mass is 32.1. The molecule has 0 saturated carbocycles. The van der Waals surface area contributed by atoms with Crippen LogP contribution in [-0.2, 0) is 4.79 Å². The number of carbonyl (C=O) groups excluding carboxylic acids is 1. The zero-order valence-corrected chi connectivity index (χ0v) is 12.0. The van der Waals surface area contributed by atoms with Gasteiger partial charge in [0.1, 0.15) is 0 Å². The van der Waals surface area contributed by atoms with Gasteiger partial charge in [-0.05, 0) is 37.5 Å². The van der Waals surface area contributed by atoms with Crippen molar-refractivity contribution in [1.29, 1.82) is 0 Å². The molecular formula is C14H18N2OS. The van der Waals surface area contributed by atoms with Gasteiger partial charge < -0.3 is 5.32 Å². The SMILES string of the molecule is CCC(C)C(=O)Nc1nc2c(C)cc(C)cc2s1. The maximum atomic E-state index is 11.8. The second-order valence-electron chi connectivity index (χ2n) is 4.75. The molecule has 96 valence electrons. The molecule has 0 radical (unpaired) electrons. The molecule has 1 heterocycles. The van der Waals surface area contributed by atoms with Crippen LogP contribution in [0.5, 0.6) is 0 Å². The van der Waals surface area contributed by atoms with E-state index in [1.807, 2.05) is 13.8 Å². The molecule has 0 aliphatic rings. The summed E-state index contributed by atoms with van der Waals surface area (Å²) in [5.41, 5.74) is 3.37. The van der Waals surface area contributed by atoms with E-state index >= 15 is 0 Å². The van der Waals surface area contributed by atoms with Crippen LogP contribution < -0.4 is 5.32 Å². The average Bonchev–Trinajstić information content (AvgIpc) is 2.70. The highest BCUT2D eigenvalue weighted by Gasteiger charge is 2.13. The van der Waals surface area contributed by atoms with Crippen LogP contribution >= 0.6 is 11.3 Å². The van der Waals surface area contributed by atoms with Crippen molar-refractivity contribution in [1.82, 2.24) is 4.98 Å². The van der Waals surface area contributed by atoms with Gasteiger partial charge in [-0.25, -0.2) is 4.98 Å². The largest absolute Gasteiger partial charge is 0.302 e. The Labute approximate surface area is 111 Å². The van der Waals surface area contributed by atoms with Gasteiger partial charge >= 0.3 is 0 Å². The summed E-state index contributed by atoms with van der Waals surface area (Å²) in [5, 5.41) is 3.60. The Morgan fingerprint density at radius 3 is 2.83 bits per heavy atom. The lowest BCUT2D eigenvalue weighted by atomic mass is 10.1. The fourth-order valence-electron chi connectivity index (χ4n) is 1.84. The molecule has 0 aliphatic heterocycles. The number of carbonyl (C=O) groups is 1. The van der Waals surface area contributed by atoms with Gasteiger partial charge in [0.2, 0.25) is 5.91 Å². The first-order valence-electron chi connectivity index (χ1n) is 6.20. The predicted octanol–water partition coefficient (Wildman–Crippen LogP) is 3.90. The summed E-state index contributed by atoms with van der Waals surface area (Å²) in [4.78, 5) is 16.3. The maximum absolute atomic E-state index is 11.8. The number of anilines is 1. The van der Waals surface area contributed by atoms with Crippen molar-refractivity contribution in [3.05, 3.63) is 23.3 Å². The lowest BCUT2D eigenvalue weighted by Gasteiger charge is -2.06. The molecule has 0 bridgehead atoms. The maximum Gasteiger partial charge on any atom is 0.228 e. The Hall–Kier alpha value is -1.42. The molecule has 3 nitrogen and oxygen atoms in total. The van der Waals surface area contributed by atoms with Gasteiger partial charge in [0, 0.05) is 5.92 Å². The number of nitrogens with zero attached hydrogens (tertiary/aromatic N) is 1. The van der Waals surface area contributed by atoms with Crippen LogP contribution in [0.25, 0.3) is 10.2 Å². The van der Waals surface area contributed by atoms with Gasteiger partial charge in [-0.15, -0.1) is 0 Å². The minimum atomic E-state index is 0.0276. The summed E-state index contributed by atoms with van der Waals surface area (Å²) in [6.07, 6.45) is 0.842. The van der Waals surface area contributed by atoms with E-state index in [1.165, 1.54) is 16.9 Å². The molecule has 1 atom stereocenters. The first-order valence-corrected chi connectivity index (χ1v) is 7.01. The van der Waals surface area contributed by atoms with E-state index in [9.17, 15) is 4.79 Å². The normalized spacial score (nSPS) is 12.7. The third-order valence-electron chi connectivity index (χ3n) is 3.12. The van der Waals surface area contributed by atoms with E-state index in [-0.39, 0.29) is 11.8 Å². The summed E-state index contributed by atoms with van der Waals surface area (Å²) >= 11 is 1.54. The van der Waals surface area contributed by atoms with Crippen molar-refractivity contribution < 1.29 is 4.79 Å². The molecular weight excluding hydrogens is 244 g/mol. The monoisotopic (exact) mass is 262 g/mol. The van der Waals surface area contributed by atoms with Crippen LogP contribution in [0.3, 0.4) is 0 Å². The molecule has 4 heteroatoms. The van der Waals surface area contributed by atoms with E-state index in [0.717, 1.165) is 22.2 Å². The van der Waals surface area contributed by atoms with E-state index in [2.05, 4.69) is 36.3 Å². The lowest BCUT2D eigenvalue weighted by Crippen LogP contribution is -2.19. The smallest absolute Gasteiger partial charge is 0.228 e. The molecule has 0 aliphatic carbocycles. The van der Waals surface area contributed by atoms with Crippen LogP contribution in [0, 0.1) is 19.8 Å². The van der Waals surface area contributed by atoms with Crippen LogP contribution in [0.15, 0.2) is 12.1 Å². The van der Waals surface area contributed by atoms with E-state index in [4.69, 9.17) is 0 Å². The summed E-state index contributed by atoms with van der Waals surface area (Å²) in [6, 6.07) is 4.22. The fraction of sp³-hybridized carbons (Fsp3) is 0.429. The number of fused-ring (bicyclic) bond motifs is 1. The molecule has 18 heavy (non-hydrogen) atoms. The zero-order chi connectivity index (χ0) is 13.3. The fourth-order valence-corrected chi connectivity index (χ4v) is 2.88. The molecule has 1 N–H and O–H groups in total. The van der Waals surface area contributed by atoms with Crippen molar-refractivity contribution in [2.75, 3.05) is 5.32 Å². The second-order valence-corrected chi connectivity index (χ2v) is 5.78. The number of aryl methyl sites for hydroxylation is 2. The van der Waals surface area contributed by atoms with Gasteiger partial charge in [-0.2, -0.15) is 0 Å². The van der Waals surface area contributed by atoms with E-state index in [1.54, 1.807) is 0 Å². The first-order chi connectivity index (χ1) is 8.51. The Balaban J connectivity index is 2.31. The standard InChI is InChI=1S/C14H18N2OS/c1-5-9(3)13(17)16-14-15-12-10(4)6-8(2)7-11(12)18-14/h6-7,9H,5H2,1-4H3,(H,15,16,17). The number of hydrogen-bond donors (Lipinski definition) is 1. The molecule has 1 amide bonds. The third kappa shape index (κ3) is 2.53. The van der Waals surface area contributed by atoms with Gasteiger partial charge in [-0.3, -0.25) is 4.79 Å². The van der Waals surface area contributed by atoms with Crippen LogP contribution in [0.4, 0.5) is 5.13 Å². The third-order valence-corrected chi connectivity index (χ3v) is 4.04. The molecule has 1 unspecified atom stereocenters. The van der Waals surface area contributed by atoms with E-state index < -0.39 is 0 Å². The number of thiazole rings is 1. The topological polar surface area (TPSA) is 42.0 Å². The van der Waals surface area contributed by atoms with Crippen molar-refractivity contribution in [2.45, 2.75) is 34.1 Å². The minimum absolute atomic E-state index is 0.0276. The van der Waals surface area contributed by atoms with Crippen LogP contribution in [0.1, 0.15) is 31.4 Å². The van der Waals surface area contributed by atoms with Gasteiger partial charge in [0.15, 0.2) is 5.13 Å². The molecule has 1 aromatic heterocycles. The minimum Gasteiger partial charge on any atom is -0.302 e. The quantitative estimate of drug-likeness (QED) is 0.911. The summed E-state index contributed by atoms with van der Waals surface area (Å²) in [7, 11) is 0. The lowest BCUT2D eigenvalue weighted by molar-refractivity contribution is -0.119. The summed E-state index contributed by atoms with van der Waals surface area (Å²) in [6.45, 7) is 8.06. The number of benzene rings is 1. The zero-order valence-electron chi connectivity index (χ0n) is 11.2. The number of nitrogens with one attached hydrogen (secondary N) is 1. The number of amides is 1. The molecule has 0 fully saturated rings. The molecule has 0 spiro atoms. The van der Waals surface area contributed by atoms with Crippen molar-refractivity contribution >= 4 is 32.6 Å². The molecule has 2 aromatic rings. The summed E-state index contributed by atoms with van der Waals surface area (Å²) < 4.78 is 1.13. The number of rotatable bonds is 3. The van der Waals surface area contributed by atoms with E-state index in [0.29, 0.717) is 5.13 Å². The average molecular weight is 262 g/mol. The van der Waals surface area contributed by atoms with Gasteiger partial charge in [0.25, 0.3) is 0 Å². The number of hydrogen-bond acceptors (Lipinski definition) is 3. The van der Waals surface area contributed by atoms with Crippen molar-refractivity contribution in [3.8, 4) is 0 Å². The van der Waals surface area contributed by atoms with Crippen molar-refractivity contribution in [3.63, 3.8) is 0 Å². The second kappa shape index (κ2) is 5.06. The predicted molar refractivity (Wildman–Crippen MR) is 77.2 cm³/mol. The molecule has 1 aromatic carbocycles. The van der Waals surface area contributed by atoms with Gasteiger partial charge in [0.05, 0.1) is 10.2 Å². The van der Waals surface area contributed by atoms with Crippen LogP contribution in [-0.4, -0.2) is 10.9 Å². The molecule has 0 saturated heterocycles. The highest BCUT2D eigenvalue weighted by molar-refractivity contribution is 7.22. The van der Waals surface area contributed by atoms with Crippen molar-refractivity contribution in [2.24, 2.45) is 5.92 Å².